The van der Waals surface area contributed by atoms with Gasteiger partial charge < -0.3 is 0 Å². The minimum absolute atomic E-state index is 0.197. The monoisotopic (exact) mass is 253 g/mol. The first-order valence-electron chi connectivity index (χ1n) is 6.10. The highest BCUT2D eigenvalue weighted by Crippen LogP contribution is 2.18. The highest BCUT2D eigenvalue weighted by Gasteiger charge is 2.12. The number of carbonyl (C=O) groups is 1. The number of thiophene rings is 1. The van der Waals surface area contributed by atoms with Crippen LogP contribution in [0.2, 0.25) is 0 Å². The SMILES string of the molecule is NNC(=O)c1cc(CN2CCCCCC2)cs1. The van der Waals surface area contributed by atoms with Crippen molar-refractivity contribution in [3.05, 3.63) is 21.9 Å². The molecule has 0 saturated carbocycles. The number of rotatable bonds is 3. The summed E-state index contributed by atoms with van der Waals surface area (Å²) in [5, 5.41) is 2.05. The predicted octanol–water partition coefficient (Wildman–Crippen LogP) is 1.73. The van der Waals surface area contributed by atoms with Crippen LogP contribution in [0.15, 0.2) is 11.4 Å². The van der Waals surface area contributed by atoms with Gasteiger partial charge in [-0.1, -0.05) is 12.8 Å². The molecule has 0 radical (unpaired) electrons. The maximum atomic E-state index is 11.3. The van der Waals surface area contributed by atoms with Gasteiger partial charge in [-0.2, -0.15) is 0 Å². The summed E-state index contributed by atoms with van der Waals surface area (Å²) in [5.74, 6) is 4.92. The standard InChI is InChI=1S/C12H19N3OS/c13-14-12(16)11-7-10(9-17-11)8-15-5-3-1-2-4-6-15/h7,9H,1-6,8,13H2,(H,14,16). The molecule has 1 aromatic heterocycles. The zero-order valence-corrected chi connectivity index (χ0v) is 10.8. The molecular weight excluding hydrogens is 234 g/mol. The second-order valence-corrected chi connectivity index (χ2v) is 5.39. The fraction of sp³-hybridized carbons (Fsp3) is 0.583. The molecule has 94 valence electrons. The van der Waals surface area contributed by atoms with E-state index >= 15 is 0 Å². The van der Waals surface area contributed by atoms with Gasteiger partial charge >= 0.3 is 0 Å². The van der Waals surface area contributed by atoms with Gasteiger partial charge in [0.1, 0.15) is 0 Å². The molecule has 0 aliphatic carbocycles. The van der Waals surface area contributed by atoms with E-state index in [0.29, 0.717) is 4.88 Å². The summed E-state index contributed by atoms with van der Waals surface area (Å²) in [7, 11) is 0. The number of hydrazine groups is 1. The van der Waals surface area contributed by atoms with Crippen molar-refractivity contribution < 1.29 is 4.79 Å². The Morgan fingerprint density at radius 2 is 2.06 bits per heavy atom. The lowest BCUT2D eigenvalue weighted by molar-refractivity contribution is 0.0957. The first-order valence-corrected chi connectivity index (χ1v) is 6.98. The molecule has 17 heavy (non-hydrogen) atoms. The summed E-state index contributed by atoms with van der Waals surface area (Å²) in [4.78, 5) is 14.5. The average Bonchev–Trinajstić information content (AvgIpc) is 2.65. The normalized spacial score (nSPS) is 17.7. The number of hydrogen-bond acceptors (Lipinski definition) is 4. The van der Waals surface area contributed by atoms with E-state index in [1.165, 1.54) is 55.7 Å². The van der Waals surface area contributed by atoms with Crippen LogP contribution >= 0.6 is 11.3 Å². The number of nitrogen functional groups attached to an aromatic ring is 1. The van der Waals surface area contributed by atoms with E-state index in [9.17, 15) is 4.79 Å². The van der Waals surface area contributed by atoms with Crippen molar-refractivity contribution in [2.24, 2.45) is 5.84 Å². The summed E-state index contributed by atoms with van der Waals surface area (Å²) < 4.78 is 0. The molecule has 3 N–H and O–H groups in total. The highest BCUT2D eigenvalue weighted by atomic mass is 32.1. The molecule has 1 aromatic rings. The summed E-state index contributed by atoms with van der Waals surface area (Å²) >= 11 is 1.46. The van der Waals surface area contributed by atoms with E-state index in [-0.39, 0.29) is 5.91 Å². The zero-order chi connectivity index (χ0) is 12.1. The Hall–Kier alpha value is -0.910. The Kier molecular flexibility index (Phi) is 4.53. The van der Waals surface area contributed by atoms with Crippen LogP contribution in [0.5, 0.6) is 0 Å². The minimum Gasteiger partial charge on any atom is -0.299 e. The van der Waals surface area contributed by atoms with E-state index in [4.69, 9.17) is 5.84 Å². The van der Waals surface area contributed by atoms with Gasteiger partial charge in [0.25, 0.3) is 5.91 Å². The number of amides is 1. The summed E-state index contributed by atoms with van der Waals surface area (Å²) in [5.41, 5.74) is 3.38. The average molecular weight is 253 g/mol. The van der Waals surface area contributed by atoms with E-state index in [0.717, 1.165) is 6.54 Å². The molecule has 0 atom stereocenters. The molecule has 4 nitrogen and oxygen atoms in total. The summed E-state index contributed by atoms with van der Waals surface area (Å²) in [6.07, 6.45) is 5.28. The molecule has 1 amide bonds. The topological polar surface area (TPSA) is 58.4 Å². The van der Waals surface area contributed by atoms with Crippen molar-refractivity contribution >= 4 is 17.2 Å². The summed E-state index contributed by atoms with van der Waals surface area (Å²) in [6, 6.07) is 1.94. The molecule has 0 bridgehead atoms. The van der Waals surface area contributed by atoms with Crippen LogP contribution in [0.3, 0.4) is 0 Å². The number of nitrogens with two attached hydrogens (primary N) is 1. The third-order valence-electron chi connectivity index (χ3n) is 3.11. The largest absolute Gasteiger partial charge is 0.299 e. The van der Waals surface area contributed by atoms with Crippen molar-refractivity contribution in [3.63, 3.8) is 0 Å². The van der Waals surface area contributed by atoms with E-state index < -0.39 is 0 Å². The Balaban J connectivity index is 1.93. The lowest BCUT2D eigenvalue weighted by Gasteiger charge is -2.18. The third kappa shape index (κ3) is 3.52. The van der Waals surface area contributed by atoms with Crippen LogP contribution in [0.1, 0.15) is 40.9 Å². The summed E-state index contributed by atoms with van der Waals surface area (Å²) in [6.45, 7) is 3.30. The van der Waals surface area contributed by atoms with Crippen LogP contribution in [0.4, 0.5) is 0 Å². The number of hydrogen-bond donors (Lipinski definition) is 2. The Bertz CT molecular complexity index is 370. The van der Waals surface area contributed by atoms with Crippen molar-refractivity contribution in [3.8, 4) is 0 Å². The van der Waals surface area contributed by atoms with Crippen LogP contribution in [0, 0.1) is 0 Å². The zero-order valence-electron chi connectivity index (χ0n) is 9.95. The molecule has 0 spiro atoms. The van der Waals surface area contributed by atoms with Crippen molar-refractivity contribution in [1.82, 2.24) is 10.3 Å². The van der Waals surface area contributed by atoms with Crippen molar-refractivity contribution in [2.75, 3.05) is 13.1 Å². The van der Waals surface area contributed by atoms with Crippen LogP contribution in [-0.2, 0) is 6.54 Å². The minimum atomic E-state index is -0.197. The van der Waals surface area contributed by atoms with Gasteiger partial charge in [-0.25, -0.2) is 5.84 Å². The number of carbonyl (C=O) groups excluding carboxylic acids is 1. The maximum Gasteiger partial charge on any atom is 0.275 e. The van der Waals surface area contributed by atoms with Gasteiger partial charge in [0.2, 0.25) is 0 Å². The Morgan fingerprint density at radius 3 is 2.71 bits per heavy atom. The highest BCUT2D eigenvalue weighted by molar-refractivity contribution is 7.12. The number of likely N-dealkylation sites (tertiary alicyclic amines) is 1. The first-order chi connectivity index (χ1) is 8.29. The molecule has 0 aromatic carbocycles. The van der Waals surface area contributed by atoms with E-state index in [2.05, 4.69) is 15.7 Å². The second-order valence-electron chi connectivity index (χ2n) is 4.48. The lowest BCUT2D eigenvalue weighted by atomic mass is 10.2. The second kappa shape index (κ2) is 6.14. The predicted molar refractivity (Wildman–Crippen MR) is 69.7 cm³/mol. The number of nitrogens with zero attached hydrogens (tertiary/aromatic N) is 1. The molecule has 5 heteroatoms. The molecular formula is C12H19N3OS. The van der Waals surface area contributed by atoms with Gasteiger partial charge in [-0.3, -0.25) is 15.1 Å². The van der Waals surface area contributed by atoms with Gasteiger partial charge in [-0.05, 0) is 42.9 Å². The molecule has 2 rings (SSSR count). The Labute approximate surface area is 106 Å². The third-order valence-corrected chi connectivity index (χ3v) is 4.09. The van der Waals surface area contributed by atoms with Crippen molar-refractivity contribution in [2.45, 2.75) is 32.2 Å². The van der Waals surface area contributed by atoms with E-state index in [1.54, 1.807) is 0 Å². The molecule has 2 heterocycles. The maximum absolute atomic E-state index is 11.3. The van der Waals surface area contributed by atoms with Gasteiger partial charge in [-0.15, -0.1) is 11.3 Å². The fourth-order valence-corrected chi connectivity index (χ4v) is 3.01. The van der Waals surface area contributed by atoms with Gasteiger partial charge in [0.15, 0.2) is 0 Å². The first kappa shape index (κ1) is 12.5. The lowest BCUT2D eigenvalue weighted by Crippen LogP contribution is -2.29. The molecule has 1 fully saturated rings. The molecule has 0 unspecified atom stereocenters. The van der Waals surface area contributed by atoms with Gasteiger partial charge in [0, 0.05) is 6.54 Å². The quantitative estimate of drug-likeness (QED) is 0.490. The van der Waals surface area contributed by atoms with E-state index in [1.807, 2.05) is 6.07 Å². The van der Waals surface area contributed by atoms with Crippen molar-refractivity contribution in [1.29, 1.82) is 0 Å². The fourth-order valence-electron chi connectivity index (χ4n) is 2.20. The van der Waals surface area contributed by atoms with Crippen LogP contribution in [-0.4, -0.2) is 23.9 Å². The molecule has 1 saturated heterocycles. The van der Waals surface area contributed by atoms with Crippen LogP contribution in [0.25, 0.3) is 0 Å². The smallest absolute Gasteiger partial charge is 0.275 e. The molecule has 1 aliphatic heterocycles. The Morgan fingerprint density at radius 1 is 1.35 bits per heavy atom. The number of nitrogens with one attached hydrogen (secondary N) is 1. The molecule has 1 aliphatic rings. The van der Waals surface area contributed by atoms with Crippen LogP contribution < -0.4 is 11.3 Å². The van der Waals surface area contributed by atoms with Gasteiger partial charge in [0.05, 0.1) is 4.88 Å².